The molecule has 28 heavy (non-hydrogen) atoms. The maximum absolute atomic E-state index is 13.4. The minimum atomic E-state index is -4.57. The first-order valence-electron chi connectivity index (χ1n) is 9.25. The molecular weight excluding hydrogens is 367 g/mol. The van der Waals surface area contributed by atoms with Gasteiger partial charge >= 0.3 is 6.18 Å². The van der Waals surface area contributed by atoms with Crippen molar-refractivity contribution in [3.8, 4) is 11.3 Å². The Labute approximate surface area is 159 Å². The molecule has 0 bridgehead atoms. The standard InChI is InChI=1S/C20H20F3N5/c21-20(22,23)19-14(10-26-28-19)17-8-12(11-4-2-1-3-5-11)18-13(9-24)15(25)6-7-16(18)27-17/h6-11,24H,1-5,25H2,(H,26,28). The second-order valence-electron chi connectivity index (χ2n) is 7.18. The van der Waals surface area contributed by atoms with Crippen molar-refractivity contribution >= 4 is 22.8 Å². The molecule has 3 aromatic rings. The molecule has 1 aliphatic rings. The fourth-order valence-corrected chi connectivity index (χ4v) is 4.13. The van der Waals surface area contributed by atoms with Crippen molar-refractivity contribution in [1.29, 1.82) is 5.41 Å². The van der Waals surface area contributed by atoms with E-state index in [-0.39, 0.29) is 17.2 Å². The van der Waals surface area contributed by atoms with Crippen LogP contribution in [-0.2, 0) is 6.18 Å². The molecule has 1 saturated carbocycles. The van der Waals surface area contributed by atoms with Crippen LogP contribution >= 0.6 is 0 Å². The summed E-state index contributed by atoms with van der Waals surface area (Å²) in [5.74, 6) is 0.208. The number of H-pyrrole nitrogens is 1. The Morgan fingerprint density at radius 2 is 1.93 bits per heavy atom. The summed E-state index contributed by atoms with van der Waals surface area (Å²) in [4.78, 5) is 4.48. The fourth-order valence-electron chi connectivity index (χ4n) is 4.13. The highest BCUT2D eigenvalue weighted by Gasteiger charge is 2.37. The van der Waals surface area contributed by atoms with Crippen molar-refractivity contribution in [3.63, 3.8) is 0 Å². The minimum absolute atomic E-state index is 0.0697. The van der Waals surface area contributed by atoms with E-state index in [1.54, 1.807) is 18.2 Å². The minimum Gasteiger partial charge on any atom is -0.398 e. The van der Waals surface area contributed by atoms with E-state index < -0.39 is 11.9 Å². The van der Waals surface area contributed by atoms with Gasteiger partial charge in [-0.25, -0.2) is 4.98 Å². The number of aromatic amines is 1. The van der Waals surface area contributed by atoms with E-state index in [1.807, 2.05) is 0 Å². The van der Waals surface area contributed by atoms with Gasteiger partial charge in [0.05, 0.1) is 16.8 Å². The predicted octanol–water partition coefficient (Wildman–Crippen LogP) is 5.27. The van der Waals surface area contributed by atoms with Gasteiger partial charge in [-0.3, -0.25) is 5.10 Å². The summed E-state index contributed by atoms with van der Waals surface area (Å²) in [5, 5.41) is 14.3. The number of nitrogen functional groups attached to an aromatic ring is 1. The number of pyridine rings is 1. The van der Waals surface area contributed by atoms with Crippen LogP contribution < -0.4 is 5.73 Å². The zero-order chi connectivity index (χ0) is 19.9. The molecule has 1 fully saturated rings. The van der Waals surface area contributed by atoms with Gasteiger partial charge in [-0.2, -0.15) is 18.3 Å². The first kappa shape index (κ1) is 18.5. The molecular formula is C20H20F3N5. The van der Waals surface area contributed by atoms with E-state index in [0.717, 1.165) is 43.1 Å². The molecule has 0 aliphatic heterocycles. The molecule has 5 nitrogen and oxygen atoms in total. The average molecular weight is 387 g/mol. The van der Waals surface area contributed by atoms with Gasteiger partial charge in [0.25, 0.3) is 0 Å². The number of nitrogens with zero attached hydrogens (tertiary/aromatic N) is 2. The Morgan fingerprint density at radius 1 is 1.18 bits per heavy atom. The van der Waals surface area contributed by atoms with E-state index in [0.29, 0.717) is 16.8 Å². The molecule has 1 aromatic carbocycles. The average Bonchev–Trinajstić information content (AvgIpc) is 3.18. The monoisotopic (exact) mass is 387 g/mol. The third kappa shape index (κ3) is 3.12. The summed E-state index contributed by atoms with van der Waals surface area (Å²) in [6, 6.07) is 5.08. The van der Waals surface area contributed by atoms with E-state index in [1.165, 1.54) is 12.4 Å². The van der Waals surface area contributed by atoms with Crippen molar-refractivity contribution in [2.45, 2.75) is 44.2 Å². The molecule has 146 valence electrons. The molecule has 0 saturated heterocycles. The number of alkyl halides is 3. The molecule has 0 radical (unpaired) electrons. The van der Waals surface area contributed by atoms with Gasteiger partial charge in [0, 0.05) is 29.0 Å². The lowest BCUT2D eigenvalue weighted by molar-refractivity contribution is -0.140. The number of nitrogens with one attached hydrogen (secondary N) is 2. The van der Waals surface area contributed by atoms with Crippen LogP contribution in [0, 0.1) is 5.41 Å². The van der Waals surface area contributed by atoms with Crippen molar-refractivity contribution in [3.05, 3.63) is 41.2 Å². The number of anilines is 1. The molecule has 8 heteroatoms. The number of nitrogens with two attached hydrogens (primary N) is 1. The van der Waals surface area contributed by atoms with E-state index in [2.05, 4.69) is 15.2 Å². The number of aromatic nitrogens is 3. The van der Waals surface area contributed by atoms with Crippen LogP contribution in [0.25, 0.3) is 22.2 Å². The third-order valence-corrected chi connectivity index (χ3v) is 5.45. The van der Waals surface area contributed by atoms with Gasteiger partial charge < -0.3 is 11.1 Å². The maximum atomic E-state index is 13.4. The molecule has 0 amide bonds. The topological polar surface area (TPSA) is 91.4 Å². The molecule has 0 atom stereocenters. The van der Waals surface area contributed by atoms with Gasteiger partial charge in [0.15, 0.2) is 5.69 Å². The Hall–Kier alpha value is -2.90. The summed E-state index contributed by atoms with van der Waals surface area (Å²) >= 11 is 0. The number of benzene rings is 1. The third-order valence-electron chi connectivity index (χ3n) is 5.45. The van der Waals surface area contributed by atoms with Crippen LogP contribution in [0.1, 0.15) is 54.8 Å². The Bertz CT molecular complexity index is 1030. The smallest absolute Gasteiger partial charge is 0.398 e. The van der Waals surface area contributed by atoms with Crippen molar-refractivity contribution in [2.24, 2.45) is 0 Å². The Kier molecular flexibility index (Phi) is 4.56. The number of hydrogen-bond acceptors (Lipinski definition) is 4. The van der Waals surface area contributed by atoms with Gasteiger partial charge in [-0.05, 0) is 42.5 Å². The predicted molar refractivity (Wildman–Crippen MR) is 102 cm³/mol. The van der Waals surface area contributed by atoms with Crippen LogP contribution in [-0.4, -0.2) is 21.4 Å². The first-order valence-corrected chi connectivity index (χ1v) is 9.25. The first-order chi connectivity index (χ1) is 13.4. The fraction of sp³-hybridized carbons (Fsp3) is 0.350. The van der Waals surface area contributed by atoms with Crippen LogP contribution in [0.15, 0.2) is 24.4 Å². The van der Waals surface area contributed by atoms with Crippen molar-refractivity contribution < 1.29 is 13.2 Å². The lowest BCUT2D eigenvalue weighted by atomic mass is 9.81. The van der Waals surface area contributed by atoms with Gasteiger partial charge in [-0.15, -0.1) is 0 Å². The molecule has 1 aliphatic carbocycles. The highest BCUT2D eigenvalue weighted by Crippen LogP contribution is 2.41. The van der Waals surface area contributed by atoms with Crippen LogP contribution in [0.5, 0.6) is 0 Å². The highest BCUT2D eigenvalue weighted by atomic mass is 19.4. The summed E-state index contributed by atoms with van der Waals surface area (Å²) in [6.07, 6.45) is 3.09. The van der Waals surface area contributed by atoms with Crippen LogP contribution in [0.3, 0.4) is 0 Å². The molecule has 2 aromatic heterocycles. The normalized spacial score (nSPS) is 15.8. The largest absolute Gasteiger partial charge is 0.435 e. The summed E-state index contributed by atoms with van der Waals surface area (Å²) in [7, 11) is 0. The summed E-state index contributed by atoms with van der Waals surface area (Å²) < 4.78 is 40.1. The number of halogens is 3. The SMILES string of the molecule is N=Cc1c(N)ccc2nc(-c3c[nH]nc3C(F)(F)F)cc(C3CCCCC3)c12. The molecule has 4 N–H and O–H groups in total. The molecule has 4 rings (SSSR count). The van der Waals surface area contributed by atoms with Crippen molar-refractivity contribution in [1.82, 2.24) is 15.2 Å². The summed E-state index contributed by atoms with van der Waals surface area (Å²) in [5.41, 5.74) is 7.75. The van der Waals surface area contributed by atoms with Crippen LogP contribution in [0.4, 0.5) is 18.9 Å². The lowest BCUT2D eigenvalue weighted by Crippen LogP contribution is -2.10. The summed E-state index contributed by atoms with van der Waals surface area (Å²) in [6.45, 7) is 0. The number of rotatable bonds is 3. The lowest BCUT2D eigenvalue weighted by Gasteiger charge is -2.25. The van der Waals surface area contributed by atoms with E-state index >= 15 is 0 Å². The highest BCUT2D eigenvalue weighted by molar-refractivity contribution is 6.05. The second kappa shape index (κ2) is 6.92. The number of hydrogen-bond donors (Lipinski definition) is 3. The molecule has 0 spiro atoms. The van der Waals surface area contributed by atoms with Gasteiger partial charge in [0.2, 0.25) is 0 Å². The van der Waals surface area contributed by atoms with Crippen LogP contribution in [0.2, 0.25) is 0 Å². The van der Waals surface area contributed by atoms with Gasteiger partial charge in [0.1, 0.15) is 0 Å². The molecule has 0 unspecified atom stereocenters. The zero-order valence-corrected chi connectivity index (χ0v) is 15.1. The van der Waals surface area contributed by atoms with Crippen molar-refractivity contribution in [2.75, 3.05) is 5.73 Å². The maximum Gasteiger partial charge on any atom is 0.435 e. The van der Waals surface area contributed by atoms with Gasteiger partial charge in [-0.1, -0.05) is 19.3 Å². The van der Waals surface area contributed by atoms with E-state index in [9.17, 15) is 13.2 Å². The Morgan fingerprint density at radius 3 is 2.61 bits per heavy atom. The Balaban J connectivity index is 1.99. The quantitative estimate of drug-likeness (QED) is 0.422. The second-order valence-corrected chi connectivity index (χ2v) is 7.18. The number of fused-ring (bicyclic) bond motifs is 1. The zero-order valence-electron chi connectivity index (χ0n) is 15.1. The molecule has 2 heterocycles. The van der Waals surface area contributed by atoms with E-state index in [4.69, 9.17) is 11.1 Å².